The van der Waals surface area contributed by atoms with Crippen molar-refractivity contribution in [3.63, 3.8) is 0 Å². The Morgan fingerprint density at radius 3 is 1.43 bits per heavy atom. The Balaban J connectivity index is 0.00000140. The van der Waals surface area contributed by atoms with Crippen molar-refractivity contribution >= 4 is 58.5 Å². The first-order valence-electron chi connectivity index (χ1n) is 13.7. The Bertz CT molecular complexity index is 1430. The maximum atomic E-state index is 2.64. The molecule has 0 radical (unpaired) electrons. The Kier molecular flexibility index (Phi) is 7.62. The third-order valence-electron chi connectivity index (χ3n) is 9.09. The summed E-state index contributed by atoms with van der Waals surface area (Å²) >= 11 is -2.76. The van der Waals surface area contributed by atoms with Crippen molar-refractivity contribution in [1.29, 1.82) is 0 Å². The molecule has 190 valence electrons. The summed E-state index contributed by atoms with van der Waals surface area (Å²) in [7, 11) is 0. The van der Waals surface area contributed by atoms with Crippen LogP contribution in [0, 0.1) is 0 Å². The molecule has 1 saturated heterocycles. The molecule has 0 nitrogen and oxygen atoms in total. The van der Waals surface area contributed by atoms with E-state index >= 15 is 0 Å². The van der Waals surface area contributed by atoms with Gasteiger partial charge in [0.05, 0.1) is 0 Å². The molecule has 0 amide bonds. The monoisotopic (exact) mass is 694 g/mol. The molecule has 2 unspecified atom stereocenters. The van der Waals surface area contributed by atoms with Gasteiger partial charge in [0.2, 0.25) is 0 Å². The maximum Gasteiger partial charge on any atom is -0.147 e. The molecule has 0 aromatic heterocycles. The van der Waals surface area contributed by atoms with E-state index < -0.39 is 20.0 Å². The summed E-state index contributed by atoms with van der Waals surface area (Å²) in [6, 6.07) is 28.0. The van der Waals surface area contributed by atoms with E-state index in [1.165, 1.54) is 47.2 Å². The molecular weight excluding hydrogens is 658 g/mol. The predicted octanol–water partition coefficient (Wildman–Crippen LogP) is 11.0. The second kappa shape index (κ2) is 10.5. The van der Waals surface area contributed by atoms with Crippen LogP contribution in [-0.2, 0) is 20.0 Å². The molecule has 0 spiro atoms. The van der Waals surface area contributed by atoms with E-state index in [4.69, 9.17) is 0 Å². The van der Waals surface area contributed by atoms with Crippen LogP contribution in [0.1, 0.15) is 69.1 Å². The largest absolute Gasteiger partial charge is 0.147 e. The van der Waals surface area contributed by atoms with Gasteiger partial charge in [-0.15, -0.1) is 24.8 Å². The van der Waals surface area contributed by atoms with E-state index in [-0.39, 0.29) is 24.8 Å². The molecule has 3 aliphatic rings. The smallest absolute Gasteiger partial charge is 0.147 e. The van der Waals surface area contributed by atoms with Crippen LogP contribution in [-0.4, -0.2) is 0 Å². The van der Waals surface area contributed by atoms with Crippen LogP contribution >= 0.6 is 24.8 Å². The van der Waals surface area contributed by atoms with Crippen LogP contribution in [0.5, 0.6) is 0 Å². The topological polar surface area (TPSA) is 0 Å². The number of halogens is 2. The number of hydrogen-bond acceptors (Lipinski definition) is 0. The van der Waals surface area contributed by atoms with Crippen LogP contribution < -0.4 is 0 Å². The van der Waals surface area contributed by atoms with Crippen molar-refractivity contribution in [3.8, 4) is 0 Å². The molecule has 3 heteroatoms. The van der Waals surface area contributed by atoms with E-state index in [1.54, 1.807) is 41.8 Å². The summed E-state index contributed by atoms with van der Waals surface area (Å²) < 4.78 is 4.65. The molecule has 0 N–H and O–H groups in total. The molecule has 4 aromatic carbocycles. The zero-order chi connectivity index (χ0) is 23.6. The van der Waals surface area contributed by atoms with E-state index in [2.05, 4.69) is 98.8 Å². The normalized spacial score (nSPS) is 20.5. The fourth-order valence-corrected chi connectivity index (χ4v) is 35.7. The number of benzene rings is 4. The van der Waals surface area contributed by atoms with Crippen molar-refractivity contribution < 1.29 is 20.0 Å². The molecule has 0 bridgehead atoms. The maximum absolute atomic E-state index is 2.76. The number of rotatable bonds is 6. The van der Waals surface area contributed by atoms with E-state index in [0.29, 0.717) is 0 Å². The number of allylic oxidation sites excluding steroid dienone is 2. The summed E-state index contributed by atoms with van der Waals surface area (Å²) in [5.41, 5.74) is 10.1. The quantitative estimate of drug-likeness (QED) is 0.176. The first-order valence-corrected chi connectivity index (χ1v) is 22.9. The average Bonchev–Trinajstić information content (AvgIpc) is 3.43. The van der Waals surface area contributed by atoms with E-state index in [0.717, 1.165) is 7.35 Å². The van der Waals surface area contributed by atoms with Crippen molar-refractivity contribution in [2.45, 2.75) is 55.2 Å². The van der Waals surface area contributed by atoms with Gasteiger partial charge in [0, 0.05) is 0 Å². The summed E-state index contributed by atoms with van der Waals surface area (Å²) in [5, 5.41) is 5.72. The summed E-state index contributed by atoms with van der Waals surface area (Å²) in [6.45, 7) is 4.74. The van der Waals surface area contributed by atoms with Crippen LogP contribution in [0.2, 0.25) is 8.35 Å². The minimum atomic E-state index is -2.76. The van der Waals surface area contributed by atoms with Gasteiger partial charge in [-0.3, -0.25) is 0 Å². The molecule has 37 heavy (non-hydrogen) atoms. The third-order valence-corrected chi connectivity index (χ3v) is 28.2. The van der Waals surface area contributed by atoms with Gasteiger partial charge in [0.15, 0.2) is 0 Å². The van der Waals surface area contributed by atoms with Gasteiger partial charge in [-0.1, -0.05) is 0 Å². The third kappa shape index (κ3) is 4.12. The molecule has 1 fully saturated rings. The molecular formula is C34H36Cl2Hf. The van der Waals surface area contributed by atoms with Crippen LogP contribution in [0.15, 0.2) is 83.9 Å². The fourth-order valence-electron chi connectivity index (χ4n) is 7.64. The van der Waals surface area contributed by atoms with Crippen molar-refractivity contribution in [3.05, 3.63) is 106 Å². The summed E-state index contributed by atoms with van der Waals surface area (Å²) in [4.78, 5) is 0. The molecule has 4 aromatic rings. The second-order valence-electron chi connectivity index (χ2n) is 11.1. The zero-order valence-electron chi connectivity index (χ0n) is 21.8. The van der Waals surface area contributed by atoms with E-state index in [1.807, 2.05) is 0 Å². The van der Waals surface area contributed by atoms with Crippen molar-refractivity contribution in [2.75, 3.05) is 0 Å². The van der Waals surface area contributed by atoms with Crippen LogP contribution in [0.3, 0.4) is 0 Å². The van der Waals surface area contributed by atoms with E-state index in [9.17, 15) is 0 Å². The zero-order valence-corrected chi connectivity index (χ0v) is 27.0. The van der Waals surface area contributed by atoms with Gasteiger partial charge in [-0.2, -0.15) is 0 Å². The molecule has 2 atom stereocenters. The van der Waals surface area contributed by atoms with Gasteiger partial charge in [-0.25, -0.2) is 0 Å². The summed E-state index contributed by atoms with van der Waals surface area (Å²) in [5.74, 6) is 0. The summed E-state index contributed by atoms with van der Waals surface area (Å²) in [6.07, 6.45) is 10.3. The van der Waals surface area contributed by atoms with Crippen LogP contribution in [0.25, 0.3) is 33.7 Å². The fraction of sp³-hybridized carbons (Fsp3) is 0.294. The van der Waals surface area contributed by atoms with Gasteiger partial charge in [0.25, 0.3) is 0 Å². The molecule has 0 saturated carbocycles. The Hall–Kier alpha value is -1.67. The Morgan fingerprint density at radius 2 is 1.03 bits per heavy atom. The molecule has 2 aliphatic carbocycles. The SMILES string of the molecule is CCCC1=Cc2c(ccc3ccccc23)[CH]1[Hf]1([CH]2C(CCC)=Cc3c2ccc2ccccc32)[CH2][CH2]1.Cl.Cl. The number of fused-ring (bicyclic) bond motifs is 6. The first kappa shape index (κ1) is 26.9. The Labute approximate surface area is 238 Å². The second-order valence-corrected chi connectivity index (χ2v) is 27.7. The molecule has 1 aliphatic heterocycles. The van der Waals surface area contributed by atoms with Gasteiger partial charge in [-0.05, 0) is 0 Å². The first-order chi connectivity index (χ1) is 17.2. The minimum absolute atomic E-state index is 0. The van der Waals surface area contributed by atoms with Crippen molar-refractivity contribution in [1.82, 2.24) is 0 Å². The van der Waals surface area contributed by atoms with Gasteiger partial charge < -0.3 is 0 Å². The standard InChI is InChI=1S/2C16H15.C2H4.2ClH.Hf/c2*1-2-5-12-10-14-9-8-13-6-3-4-7-15(13)16(14)11-12;1-2;;;/h2*3-4,6-11H,2,5H2,1H3;1-2H2;2*1H;. The predicted molar refractivity (Wildman–Crippen MR) is 163 cm³/mol. The van der Waals surface area contributed by atoms with Gasteiger partial charge >= 0.3 is 215 Å². The molecule has 7 rings (SSSR count). The molecule has 1 heterocycles. The number of hydrogen-bond donors (Lipinski definition) is 0. The Morgan fingerprint density at radius 1 is 0.595 bits per heavy atom. The van der Waals surface area contributed by atoms with Gasteiger partial charge in [0.1, 0.15) is 0 Å². The van der Waals surface area contributed by atoms with Crippen LogP contribution in [0.4, 0.5) is 0 Å². The van der Waals surface area contributed by atoms with Crippen molar-refractivity contribution in [2.24, 2.45) is 0 Å². The minimum Gasteiger partial charge on any atom is -0.147 e. The average molecular weight is 694 g/mol.